The lowest BCUT2D eigenvalue weighted by atomic mass is 10.1. The first-order valence-electron chi connectivity index (χ1n) is 9.57. The third kappa shape index (κ3) is 6.85. The van der Waals surface area contributed by atoms with E-state index in [1.807, 2.05) is 32.5 Å². The molecule has 0 unspecified atom stereocenters. The van der Waals surface area contributed by atoms with E-state index in [2.05, 4.69) is 20.7 Å². The number of aliphatic imine (C=N–C) groups is 1. The van der Waals surface area contributed by atoms with E-state index >= 15 is 0 Å². The molecular weight excluding hydrogens is 393 g/mol. The van der Waals surface area contributed by atoms with E-state index in [-0.39, 0.29) is 12.3 Å². The molecule has 7 nitrogen and oxygen atoms in total. The van der Waals surface area contributed by atoms with Crippen molar-refractivity contribution in [3.8, 4) is 0 Å². The summed E-state index contributed by atoms with van der Waals surface area (Å²) in [6.45, 7) is 7.53. The predicted molar refractivity (Wildman–Crippen MR) is 114 cm³/mol. The lowest BCUT2D eigenvalue weighted by Crippen LogP contribution is -2.38. The lowest BCUT2D eigenvalue weighted by molar-refractivity contribution is 0.600. The minimum Gasteiger partial charge on any atom is -0.357 e. The smallest absolute Gasteiger partial charge is 0.191 e. The van der Waals surface area contributed by atoms with Crippen LogP contribution in [0.4, 0.5) is 4.39 Å². The molecule has 0 spiro atoms. The van der Waals surface area contributed by atoms with E-state index in [0.717, 1.165) is 24.1 Å². The number of guanidine groups is 1. The van der Waals surface area contributed by atoms with Gasteiger partial charge in [-0.15, -0.1) is 0 Å². The molecule has 2 rings (SSSR count). The fourth-order valence-corrected chi connectivity index (χ4v) is 4.00. The highest BCUT2D eigenvalue weighted by Gasteiger charge is 2.12. The van der Waals surface area contributed by atoms with Crippen LogP contribution in [-0.4, -0.2) is 43.5 Å². The molecule has 1 aromatic carbocycles. The number of benzene rings is 1. The van der Waals surface area contributed by atoms with Gasteiger partial charge in [0.2, 0.25) is 0 Å². The summed E-state index contributed by atoms with van der Waals surface area (Å²) in [4.78, 5) is 4.51. The zero-order valence-electron chi connectivity index (χ0n) is 17.7. The van der Waals surface area contributed by atoms with E-state index in [1.54, 1.807) is 0 Å². The van der Waals surface area contributed by atoms with Crippen LogP contribution in [0.3, 0.4) is 0 Å². The van der Waals surface area contributed by atoms with Gasteiger partial charge in [0, 0.05) is 32.1 Å². The van der Waals surface area contributed by atoms with Gasteiger partial charge in [-0.1, -0.05) is 6.07 Å². The van der Waals surface area contributed by atoms with Gasteiger partial charge in [0.05, 0.1) is 18.0 Å². The first kappa shape index (κ1) is 22.9. The molecule has 0 fully saturated rings. The Kier molecular flexibility index (Phi) is 7.78. The van der Waals surface area contributed by atoms with Gasteiger partial charge in [0.1, 0.15) is 5.82 Å². The second kappa shape index (κ2) is 9.87. The summed E-state index contributed by atoms with van der Waals surface area (Å²) >= 11 is 0. The summed E-state index contributed by atoms with van der Waals surface area (Å²) in [6.07, 6.45) is 1.96. The van der Waals surface area contributed by atoms with Crippen LogP contribution in [0.5, 0.6) is 0 Å². The van der Waals surface area contributed by atoms with Crippen molar-refractivity contribution in [2.24, 2.45) is 12.0 Å². The number of rotatable bonds is 8. The van der Waals surface area contributed by atoms with E-state index in [0.29, 0.717) is 30.2 Å². The molecule has 0 aliphatic rings. The SMILES string of the molecule is CCNC(=NCc1cc(F)ccc1CS(C)(=O)=O)NCCc1c(C)nn(C)c1C. The summed E-state index contributed by atoms with van der Waals surface area (Å²) in [6, 6.07) is 4.13. The Bertz CT molecular complexity index is 983. The normalized spacial score (nSPS) is 12.3. The fourth-order valence-electron chi connectivity index (χ4n) is 3.16. The molecule has 1 heterocycles. The van der Waals surface area contributed by atoms with Gasteiger partial charge in [-0.05, 0) is 56.0 Å². The van der Waals surface area contributed by atoms with Crippen LogP contribution in [0.1, 0.15) is 35.0 Å². The molecule has 0 bridgehead atoms. The van der Waals surface area contributed by atoms with Crippen LogP contribution in [0.25, 0.3) is 0 Å². The molecule has 0 radical (unpaired) electrons. The Labute approximate surface area is 172 Å². The Morgan fingerprint density at radius 3 is 2.55 bits per heavy atom. The maximum absolute atomic E-state index is 13.7. The second-order valence-electron chi connectivity index (χ2n) is 7.13. The predicted octanol–water partition coefficient (Wildman–Crippen LogP) is 2.02. The van der Waals surface area contributed by atoms with Crippen molar-refractivity contribution in [3.05, 3.63) is 52.1 Å². The first-order valence-corrected chi connectivity index (χ1v) is 11.6. The van der Waals surface area contributed by atoms with Gasteiger partial charge < -0.3 is 10.6 Å². The number of hydrogen-bond donors (Lipinski definition) is 2. The summed E-state index contributed by atoms with van der Waals surface area (Å²) in [7, 11) is -1.29. The Hall–Kier alpha value is -2.42. The first-order chi connectivity index (χ1) is 13.6. The second-order valence-corrected chi connectivity index (χ2v) is 9.27. The van der Waals surface area contributed by atoms with Gasteiger partial charge in [-0.2, -0.15) is 5.10 Å². The highest BCUT2D eigenvalue weighted by atomic mass is 32.2. The Morgan fingerprint density at radius 2 is 1.97 bits per heavy atom. The Morgan fingerprint density at radius 1 is 1.24 bits per heavy atom. The molecule has 2 aromatic rings. The van der Waals surface area contributed by atoms with E-state index in [4.69, 9.17) is 0 Å². The molecule has 2 N–H and O–H groups in total. The zero-order chi connectivity index (χ0) is 21.6. The van der Waals surface area contributed by atoms with Crippen LogP contribution in [0.2, 0.25) is 0 Å². The number of aryl methyl sites for hydroxylation is 2. The van der Waals surface area contributed by atoms with Crippen LogP contribution in [0.15, 0.2) is 23.2 Å². The Balaban J connectivity index is 2.10. The standard InChI is InChI=1S/C20H30FN5O2S/c1-6-22-20(23-10-9-19-14(2)25-26(4)15(19)3)24-12-17-11-18(21)8-7-16(17)13-29(5,27)28/h7-8,11H,6,9-10,12-13H2,1-5H3,(H2,22,23,24). The van der Waals surface area contributed by atoms with Crippen molar-refractivity contribution in [1.29, 1.82) is 0 Å². The van der Waals surface area contributed by atoms with Crippen LogP contribution >= 0.6 is 0 Å². The average Bonchev–Trinajstić information content (AvgIpc) is 2.86. The van der Waals surface area contributed by atoms with E-state index in [1.165, 1.54) is 23.8 Å². The van der Waals surface area contributed by atoms with E-state index < -0.39 is 15.7 Å². The van der Waals surface area contributed by atoms with Gasteiger partial charge in [0.25, 0.3) is 0 Å². The number of halogens is 1. The fraction of sp³-hybridized carbons (Fsp3) is 0.500. The monoisotopic (exact) mass is 423 g/mol. The van der Waals surface area contributed by atoms with Crippen molar-refractivity contribution in [3.63, 3.8) is 0 Å². The number of nitrogens with one attached hydrogen (secondary N) is 2. The molecular formula is C20H30FN5O2S. The minimum absolute atomic E-state index is 0.137. The van der Waals surface area contributed by atoms with Crippen molar-refractivity contribution < 1.29 is 12.8 Å². The summed E-state index contributed by atoms with van der Waals surface area (Å²) in [5, 5.41) is 10.9. The molecule has 0 atom stereocenters. The third-order valence-electron chi connectivity index (χ3n) is 4.66. The van der Waals surface area contributed by atoms with Crippen molar-refractivity contribution in [2.45, 2.75) is 39.5 Å². The summed E-state index contributed by atoms with van der Waals surface area (Å²) in [5.41, 5.74) is 4.48. The highest BCUT2D eigenvalue weighted by molar-refractivity contribution is 7.89. The molecule has 0 saturated carbocycles. The maximum atomic E-state index is 13.7. The maximum Gasteiger partial charge on any atom is 0.191 e. The quantitative estimate of drug-likeness (QED) is 0.501. The highest BCUT2D eigenvalue weighted by Crippen LogP contribution is 2.16. The lowest BCUT2D eigenvalue weighted by Gasteiger charge is -2.13. The summed E-state index contributed by atoms with van der Waals surface area (Å²) in [5.74, 6) is 0.0518. The van der Waals surface area contributed by atoms with Crippen LogP contribution < -0.4 is 10.6 Å². The molecule has 1 aromatic heterocycles. The van der Waals surface area contributed by atoms with Crippen molar-refractivity contribution >= 4 is 15.8 Å². The number of hydrogen-bond acceptors (Lipinski definition) is 4. The molecule has 160 valence electrons. The average molecular weight is 424 g/mol. The van der Waals surface area contributed by atoms with Crippen LogP contribution in [0, 0.1) is 19.7 Å². The topological polar surface area (TPSA) is 88.4 Å². The van der Waals surface area contributed by atoms with Gasteiger partial charge >= 0.3 is 0 Å². The van der Waals surface area contributed by atoms with Crippen LogP contribution in [-0.2, 0) is 35.6 Å². The number of nitrogens with zero attached hydrogens (tertiary/aromatic N) is 3. The molecule has 0 aliphatic carbocycles. The molecule has 9 heteroatoms. The van der Waals surface area contributed by atoms with Crippen molar-refractivity contribution in [1.82, 2.24) is 20.4 Å². The van der Waals surface area contributed by atoms with Crippen molar-refractivity contribution in [2.75, 3.05) is 19.3 Å². The minimum atomic E-state index is -3.22. The van der Waals surface area contributed by atoms with E-state index in [9.17, 15) is 12.8 Å². The molecule has 0 aliphatic heterocycles. The van der Waals surface area contributed by atoms with Gasteiger partial charge in [-0.25, -0.2) is 17.8 Å². The molecule has 0 saturated heterocycles. The number of sulfone groups is 1. The van der Waals surface area contributed by atoms with Gasteiger partial charge in [0.15, 0.2) is 15.8 Å². The molecule has 29 heavy (non-hydrogen) atoms. The molecule has 0 amide bonds. The third-order valence-corrected chi connectivity index (χ3v) is 5.50. The summed E-state index contributed by atoms with van der Waals surface area (Å²) < 4.78 is 38.9. The largest absolute Gasteiger partial charge is 0.357 e. The number of aromatic nitrogens is 2. The zero-order valence-corrected chi connectivity index (χ0v) is 18.5. The van der Waals surface area contributed by atoms with Gasteiger partial charge in [-0.3, -0.25) is 4.68 Å².